The topological polar surface area (TPSA) is 67.8 Å². The summed E-state index contributed by atoms with van der Waals surface area (Å²) in [4.78, 5) is 12.2. The smallest absolute Gasteiger partial charge is 0.343 e. The molecule has 0 saturated heterocycles. The standard InChI is InChI=1S/C21H18O5/c1-2-24-17-9-7-16(8-10-17)21(23)26-19-13-11-18(12-14-19)25-20(22)15-5-3-4-6-15/h3-14,22H,2H2,1H3/p-1. The van der Waals surface area contributed by atoms with Crippen molar-refractivity contribution in [1.82, 2.24) is 0 Å². The van der Waals surface area contributed by atoms with E-state index in [0.717, 1.165) is 0 Å². The maximum Gasteiger partial charge on any atom is 0.343 e. The number of hydrogen-bond acceptors (Lipinski definition) is 5. The van der Waals surface area contributed by atoms with E-state index in [1.807, 2.05) is 6.92 Å². The molecule has 5 heteroatoms. The van der Waals surface area contributed by atoms with Crippen LogP contribution in [0.4, 0.5) is 0 Å². The molecule has 0 saturated carbocycles. The van der Waals surface area contributed by atoms with Gasteiger partial charge in [-0.15, -0.1) is 0 Å². The van der Waals surface area contributed by atoms with Crippen molar-refractivity contribution in [3.8, 4) is 17.2 Å². The van der Waals surface area contributed by atoms with Crippen molar-refractivity contribution in [2.75, 3.05) is 6.61 Å². The second-order valence-corrected chi connectivity index (χ2v) is 5.38. The zero-order valence-corrected chi connectivity index (χ0v) is 14.2. The maximum atomic E-state index is 12.2. The zero-order chi connectivity index (χ0) is 18.4. The van der Waals surface area contributed by atoms with Crippen molar-refractivity contribution in [3.63, 3.8) is 0 Å². The van der Waals surface area contributed by atoms with Gasteiger partial charge in [-0.1, -0.05) is 24.3 Å². The van der Waals surface area contributed by atoms with Crippen LogP contribution in [0.25, 0.3) is 0 Å². The van der Waals surface area contributed by atoms with E-state index in [4.69, 9.17) is 14.2 Å². The molecule has 132 valence electrons. The molecule has 5 nitrogen and oxygen atoms in total. The third kappa shape index (κ3) is 4.33. The minimum atomic E-state index is -0.477. The number of rotatable bonds is 6. The van der Waals surface area contributed by atoms with Crippen LogP contribution in [0.5, 0.6) is 17.2 Å². The molecule has 0 amide bonds. The molecular formula is C21H17O5-. The van der Waals surface area contributed by atoms with Gasteiger partial charge in [-0.2, -0.15) is 0 Å². The summed E-state index contributed by atoms with van der Waals surface area (Å²) in [5.74, 6) is 0.512. The van der Waals surface area contributed by atoms with Gasteiger partial charge in [0.1, 0.15) is 11.5 Å². The summed E-state index contributed by atoms with van der Waals surface area (Å²) in [6, 6.07) is 13.0. The molecule has 0 aliphatic heterocycles. The van der Waals surface area contributed by atoms with Crippen molar-refractivity contribution < 1.29 is 24.1 Å². The Balaban J connectivity index is 1.61. The fourth-order valence-corrected chi connectivity index (χ4v) is 2.27. The molecule has 1 aliphatic rings. The number of hydrogen-bond donors (Lipinski definition) is 0. The lowest BCUT2D eigenvalue weighted by molar-refractivity contribution is -0.343. The summed E-state index contributed by atoms with van der Waals surface area (Å²) in [6.07, 6.45) is 6.88. The first-order valence-corrected chi connectivity index (χ1v) is 8.14. The van der Waals surface area contributed by atoms with E-state index >= 15 is 0 Å². The second kappa shape index (κ2) is 8.07. The summed E-state index contributed by atoms with van der Waals surface area (Å²) < 4.78 is 15.9. The molecule has 2 aromatic rings. The van der Waals surface area contributed by atoms with Crippen LogP contribution in [0.2, 0.25) is 0 Å². The number of ether oxygens (including phenoxy) is 3. The predicted molar refractivity (Wildman–Crippen MR) is 94.9 cm³/mol. The van der Waals surface area contributed by atoms with Gasteiger partial charge in [-0.3, -0.25) is 0 Å². The molecular weight excluding hydrogens is 332 g/mol. The minimum Gasteiger partial charge on any atom is -0.579 e. The van der Waals surface area contributed by atoms with E-state index in [2.05, 4.69) is 0 Å². The molecule has 26 heavy (non-hydrogen) atoms. The molecule has 0 unspecified atom stereocenters. The van der Waals surface area contributed by atoms with Crippen LogP contribution in [0, 0.1) is 0 Å². The first-order chi connectivity index (χ1) is 12.7. The molecule has 0 atom stereocenters. The highest BCUT2D eigenvalue weighted by atomic mass is 16.6. The Morgan fingerprint density at radius 3 is 1.96 bits per heavy atom. The van der Waals surface area contributed by atoms with Crippen LogP contribution in [-0.4, -0.2) is 12.6 Å². The summed E-state index contributed by atoms with van der Waals surface area (Å²) in [7, 11) is 0. The first kappa shape index (κ1) is 17.4. The van der Waals surface area contributed by atoms with Gasteiger partial charge in [0.2, 0.25) is 0 Å². The summed E-state index contributed by atoms with van der Waals surface area (Å²) in [5.41, 5.74) is 0.899. The first-order valence-electron chi connectivity index (χ1n) is 8.14. The van der Waals surface area contributed by atoms with Crippen LogP contribution < -0.4 is 19.3 Å². The summed E-state index contributed by atoms with van der Waals surface area (Å²) >= 11 is 0. The molecule has 2 aromatic carbocycles. The van der Waals surface area contributed by atoms with Gasteiger partial charge in [-0.25, -0.2) is 4.79 Å². The fraction of sp³-hybridized carbons (Fsp3) is 0.0952. The Kier molecular flexibility index (Phi) is 5.39. The van der Waals surface area contributed by atoms with Gasteiger partial charge in [0.15, 0.2) is 0 Å². The van der Waals surface area contributed by atoms with Crippen molar-refractivity contribution in [2.45, 2.75) is 6.92 Å². The molecule has 0 aromatic heterocycles. The monoisotopic (exact) mass is 349 g/mol. The summed E-state index contributed by atoms with van der Waals surface area (Å²) in [6.45, 7) is 2.45. The quantitative estimate of drug-likeness (QED) is 0.454. The molecule has 0 bridgehead atoms. The number of carbonyl (C=O) groups is 1. The van der Waals surface area contributed by atoms with Crippen molar-refractivity contribution in [1.29, 1.82) is 0 Å². The third-order valence-corrected chi connectivity index (χ3v) is 3.54. The normalized spacial score (nSPS) is 12.1. The second-order valence-electron chi connectivity index (χ2n) is 5.38. The average Bonchev–Trinajstić information content (AvgIpc) is 3.19. The minimum absolute atomic E-state index is 0.358. The third-order valence-electron chi connectivity index (χ3n) is 3.54. The van der Waals surface area contributed by atoms with Gasteiger partial charge in [0, 0.05) is 5.75 Å². The van der Waals surface area contributed by atoms with E-state index in [9.17, 15) is 9.90 Å². The van der Waals surface area contributed by atoms with E-state index in [0.29, 0.717) is 35.0 Å². The SMILES string of the molecule is CCOc1ccc(C(=O)Oc2ccc(OC([O-])=C3C=CC=C3)cc2)cc1. The Hall–Kier alpha value is -3.47. The Bertz CT molecular complexity index is 844. The lowest BCUT2D eigenvalue weighted by atomic mass is 10.2. The lowest BCUT2D eigenvalue weighted by Gasteiger charge is -2.17. The van der Waals surface area contributed by atoms with E-state index < -0.39 is 11.9 Å². The van der Waals surface area contributed by atoms with E-state index in [1.54, 1.807) is 72.8 Å². The van der Waals surface area contributed by atoms with Crippen LogP contribution in [0.1, 0.15) is 17.3 Å². The largest absolute Gasteiger partial charge is 0.579 e. The van der Waals surface area contributed by atoms with Gasteiger partial charge in [-0.05, 0) is 61.0 Å². The molecule has 3 rings (SSSR count). The van der Waals surface area contributed by atoms with Crippen LogP contribution in [0.3, 0.4) is 0 Å². The molecule has 1 aliphatic carbocycles. The Morgan fingerprint density at radius 2 is 1.38 bits per heavy atom. The highest BCUT2D eigenvalue weighted by Crippen LogP contribution is 2.21. The van der Waals surface area contributed by atoms with Crippen LogP contribution >= 0.6 is 0 Å². The van der Waals surface area contributed by atoms with Crippen LogP contribution in [-0.2, 0) is 0 Å². The van der Waals surface area contributed by atoms with Crippen molar-refractivity contribution >= 4 is 5.97 Å². The molecule has 0 fully saturated rings. The Labute approximate surface area is 151 Å². The number of carbonyl (C=O) groups excluding carboxylic acids is 1. The van der Waals surface area contributed by atoms with Crippen LogP contribution in [0.15, 0.2) is 84.4 Å². The fourth-order valence-electron chi connectivity index (χ4n) is 2.27. The zero-order valence-electron chi connectivity index (χ0n) is 14.2. The molecule has 0 N–H and O–H groups in total. The molecule has 0 radical (unpaired) electrons. The van der Waals surface area contributed by atoms with Gasteiger partial charge >= 0.3 is 5.97 Å². The maximum absolute atomic E-state index is 12.2. The lowest BCUT2D eigenvalue weighted by Crippen LogP contribution is -2.13. The van der Waals surface area contributed by atoms with Gasteiger partial charge in [0.05, 0.1) is 18.1 Å². The highest BCUT2D eigenvalue weighted by Gasteiger charge is 2.08. The average molecular weight is 349 g/mol. The van der Waals surface area contributed by atoms with E-state index in [1.165, 1.54) is 0 Å². The van der Waals surface area contributed by atoms with Crippen molar-refractivity contribution in [3.05, 3.63) is 89.9 Å². The summed E-state index contributed by atoms with van der Waals surface area (Å²) in [5, 5.41) is 11.9. The highest BCUT2D eigenvalue weighted by molar-refractivity contribution is 5.91. The van der Waals surface area contributed by atoms with Crippen molar-refractivity contribution in [2.24, 2.45) is 0 Å². The number of benzene rings is 2. The molecule has 0 heterocycles. The van der Waals surface area contributed by atoms with Gasteiger partial charge in [0.25, 0.3) is 0 Å². The number of esters is 1. The van der Waals surface area contributed by atoms with E-state index in [-0.39, 0.29) is 0 Å². The Morgan fingerprint density at radius 1 is 0.846 bits per heavy atom. The molecule has 0 spiro atoms. The number of allylic oxidation sites excluding steroid dienone is 5. The predicted octanol–water partition coefficient (Wildman–Crippen LogP) is 3.38. The van der Waals surface area contributed by atoms with Gasteiger partial charge < -0.3 is 19.3 Å².